The van der Waals surface area contributed by atoms with Gasteiger partial charge in [0.25, 0.3) is 0 Å². The van der Waals surface area contributed by atoms with Crippen molar-refractivity contribution in [3.63, 3.8) is 0 Å². The normalized spacial score (nSPS) is 30.7. The van der Waals surface area contributed by atoms with E-state index in [0.717, 1.165) is 75.0 Å². The number of rotatable bonds is 11. The second-order valence-corrected chi connectivity index (χ2v) is 7.19. The molecule has 126 valence electrons. The minimum Gasteiger partial charge on any atom is -0.396 e. The molecule has 0 amide bonds. The van der Waals surface area contributed by atoms with Crippen LogP contribution in [0.3, 0.4) is 0 Å². The molecule has 5 atom stereocenters. The first kappa shape index (κ1) is 18.9. The van der Waals surface area contributed by atoms with Gasteiger partial charge >= 0.3 is 0 Å². The Kier molecular flexibility index (Phi) is 9.54. The van der Waals surface area contributed by atoms with Crippen LogP contribution in [-0.2, 0) is 0 Å². The Morgan fingerprint density at radius 1 is 0.810 bits per heavy atom. The Morgan fingerprint density at radius 3 is 2.05 bits per heavy atom. The number of aliphatic hydroxyl groups is 3. The summed E-state index contributed by atoms with van der Waals surface area (Å²) in [7, 11) is 0. The van der Waals surface area contributed by atoms with Crippen molar-refractivity contribution in [2.45, 2.75) is 77.7 Å². The van der Waals surface area contributed by atoms with Crippen LogP contribution in [0.1, 0.15) is 71.6 Å². The standard InChI is InChI=1S/C18H36O3/c1-14-13-15(2)18(17(14)8-6-12-20)10-9-16(21)7-4-3-5-11-19/h14-21H,3-13H2,1-2H3/t14-,15+,16?,17-,18-/m0/s1. The van der Waals surface area contributed by atoms with E-state index in [1.807, 2.05) is 0 Å². The molecule has 21 heavy (non-hydrogen) atoms. The first-order valence-corrected chi connectivity index (χ1v) is 8.99. The molecule has 3 heteroatoms. The summed E-state index contributed by atoms with van der Waals surface area (Å²) in [6.45, 7) is 5.27. The predicted octanol–water partition coefficient (Wildman–Crippen LogP) is 3.36. The van der Waals surface area contributed by atoms with Gasteiger partial charge in [0.2, 0.25) is 0 Å². The van der Waals surface area contributed by atoms with Gasteiger partial charge in [0.1, 0.15) is 0 Å². The summed E-state index contributed by atoms with van der Waals surface area (Å²) >= 11 is 0. The van der Waals surface area contributed by atoms with E-state index < -0.39 is 0 Å². The molecule has 0 aromatic carbocycles. The van der Waals surface area contributed by atoms with Gasteiger partial charge < -0.3 is 15.3 Å². The van der Waals surface area contributed by atoms with Crippen LogP contribution in [0.5, 0.6) is 0 Å². The maximum absolute atomic E-state index is 10.1. The molecule has 1 aliphatic rings. The van der Waals surface area contributed by atoms with Crippen molar-refractivity contribution < 1.29 is 15.3 Å². The van der Waals surface area contributed by atoms with Crippen molar-refractivity contribution in [2.75, 3.05) is 13.2 Å². The van der Waals surface area contributed by atoms with Crippen LogP contribution in [0.25, 0.3) is 0 Å². The van der Waals surface area contributed by atoms with Gasteiger partial charge in [-0.05, 0) is 68.6 Å². The summed E-state index contributed by atoms with van der Waals surface area (Å²) in [6.07, 6.45) is 8.99. The summed E-state index contributed by atoms with van der Waals surface area (Å²) in [5, 5.41) is 27.9. The van der Waals surface area contributed by atoms with E-state index in [1.165, 1.54) is 6.42 Å². The van der Waals surface area contributed by atoms with E-state index in [1.54, 1.807) is 0 Å². The molecule has 0 radical (unpaired) electrons. The van der Waals surface area contributed by atoms with Crippen LogP contribution in [-0.4, -0.2) is 34.6 Å². The third kappa shape index (κ3) is 6.66. The largest absolute Gasteiger partial charge is 0.396 e. The molecule has 0 aromatic rings. The summed E-state index contributed by atoms with van der Waals surface area (Å²) in [6, 6.07) is 0. The van der Waals surface area contributed by atoms with Crippen molar-refractivity contribution in [3.8, 4) is 0 Å². The molecule has 3 N–H and O–H groups in total. The monoisotopic (exact) mass is 300 g/mol. The zero-order valence-corrected chi connectivity index (χ0v) is 14.0. The van der Waals surface area contributed by atoms with Crippen molar-refractivity contribution >= 4 is 0 Å². The highest BCUT2D eigenvalue weighted by Crippen LogP contribution is 2.46. The second-order valence-electron chi connectivity index (χ2n) is 7.19. The first-order chi connectivity index (χ1) is 10.1. The quantitative estimate of drug-likeness (QED) is 0.513. The third-order valence-corrected chi connectivity index (χ3v) is 5.48. The van der Waals surface area contributed by atoms with Gasteiger partial charge in [-0.15, -0.1) is 0 Å². The molecule has 0 bridgehead atoms. The first-order valence-electron chi connectivity index (χ1n) is 8.99. The highest BCUT2D eigenvalue weighted by molar-refractivity contribution is 4.87. The lowest BCUT2D eigenvalue weighted by Crippen LogP contribution is -2.19. The van der Waals surface area contributed by atoms with Gasteiger partial charge in [-0.1, -0.05) is 26.7 Å². The number of hydrogen-bond acceptors (Lipinski definition) is 3. The van der Waals surface area contributed by atoms with Crippen molar-refractivity contribution in [1.29, 1.82) is 0 Å². The lowest BCUT2D eigenvalue weighted by molar-refractivity contribution is 0.127. The molecule has 0 aliphatic heterocycles. The molecular weight excluding hydrogens is 264 g/mol. The summed E-state index contributed by atoms with van der Waals surface area (Å²) in [5.41, 5.74) is 0. The van der Waals surface area contributed by atoms with Gasteiger partial charge in [-0.2, -0.15) is 0 Å². The SMILES string of the molecule is C[C@@H]1C[C@H](C)[C@H](CCCO)[C@H]1CCC(O)CCCCCO. The average Bonchev–Trinajstić information content (AvgIpc) is 2.73. The zero-order valence-electron chi connectivity index (χ0n) is 14.0. The van der Waals surface area contributed by atoms with Crippen LogP contribution < -0.4 is 0 Å². The average molecular weight is 300 g/mol. The fraction of sp³-hybridized carbons (Fsp3) is 1.00. The Morgan fingerprint density at radius 2 is 1.43 bits per heavy atom. The Hall–Kier alpha value is -0.120. The summed E-state index contributed by atoms with van der Waals surface area (Å²) in [5.74, 6) is 2.97. The van der Waals surface area contributed by atoms with Crippen molar-refractivity contribution in [2.24, 2.45) is 23.7 Å². The lowest BCUT2D eigenvalue weighted by atomic mass is 9.81. The van der Waals surface area contributed by atoms with Gasteiger partial charge in [-0.3, -0.25) is 0 Å². The van der Waals surface area contributed by atoms with Crippen LogP contribution in [0.4, 0.5) is 0 Å². The summed E-state index contributed by atoms with van der Waals surface area (Å²) in [4.78, 5) is 0. The minimum atomic E-state index is -0.176. The lowest BCUT2D eigenvalue weighted by Gasteiger charge is -2.25. The Bertz CT molecular complexity index is 257. The van der Waals surface area contributed by atoms with E-state index >= 15 is 0 Å². The molecule has 1 fully saturated rings. The Balaban J connectivity index is 2.30. The van der Waals surface area contributed by atoms with Crippen molar-refractivity contribution in [1.82, 2.24) is 0 Å². The van der Waals surface area contributed by atoms with Gasteiger partial charge in [0.15, 0.2) is 0 Å². The molecular formula is C18H36O3. The molecule has 1 saturated carbocycles. The molecule has 1 unspecified atom stereocenters. The van der Waals surface area contributed by atoms with Gasteiger partial charge in [-0.25, -0.2) is 0 Å². The number of hydrogen-bond donors (Lipinski definition) is 3. The smallest absolute Gasteiger partial charge is 0.0540 e. The van der Waals surface area contributed by atoms with Crippen LogP contribution in [0.2, 0.25) is 0 Å². The molecule has 0 aromatic heterocycles. The highest BCUT2D eigenvalue weighted by Gasteiger charge is 2.37. The topological polar surface area (TPSA) is 60.7 Å². The summed E-state index contributed by atoms with van der Waals surface area (Å²) < 4.78 is 0. The maximum Gasteiger partial charge on any atom is 0.0540 e. The van der Waals surface area contributed by atoms with E-state index in [-0.39, 0.29) is 12.7 Å². The second kappa shape index (κ2) is 10.6. The van der Waals surface area contributed by atoms with Crippen molar-refractivity contribution in [3.05, 3.63) is 0 Å². The predicted molar refractivity (Wildman–Crippen MR) is 87.0 cm³/mol. The maximum atomic E-state index is 10.1. The minimum absolute atomic E-state index is 0.176. The van der Waals surface area contributed by atoms with E-state index in [2.05, 4.69) is 13.8 Å². The van der Waals surface area contributed by atoms with Crippen LogP contribution >= 0.6 is 0 Å². The number of unbranched alkanes of at least 4 members (excludes halogenated alkanes) is 2. The molecule has 3 nitrogen and oxygen atoms in total. The molecule has 1 rings (SSSR count). The van der Waals surface area contributed by atoms with E-state index in [9.17, 15) is 5.11 Å². The molecule has 1 aliphatic carbocycles. The Labute approximate surface area is 130 Å². The fourth-order valence-electron chi connectivity index (χ4n) is 4.30. The fourth-order valence-corrected chi connectivity index (χ4v) is 4.30. The van der Waals surface area contributed by atoms with Gasteiger partial charge in [0, 0.05) is 13.2 Å². The number of aliphatic hydroxyl groups excluding tert-OH is 3. The van der Waals surface area contributed by atoms with Crippen LogP contribution in [0.15, 0.2) is 0 Å². The highest BCUT2D eigenvalue weighted by atomic mass is 16.3. The molecule has 0 saturated heterocycles. The van der Waals surface area contributed by atoms with E-state index in [4.69, 9.17) is 10.2 Å². The van der Waals surface area contributed by atoms with Gasteiger partial charge in [0.05, 0.1) is 6.10 Å². The molecule has 0 spiro atoms. The van der Waals surface area contributed by atoms with E-state index in [0.29, 0.717) is 6.61 Å². The zero-order chi connectivity index (χ0) is 15.7. The van der Waals surface area contributed by atoms with Crippen LogP contribution in [0, 0.1) is 23.7 Å². The third-order valence-electron chi connectivity index (χ3n) is 5.48. The molecule has 0 heterocycles.